The van der Waals surface area contributed by atoms with E-state index in [4.69, 9.17) is 5.73 Å². The van der Waals surface area contributed by atoms with Gasteiger partial charge in [0.05, 0.1) is 11.9 Å². The van der Waals surface area contributed by atoms with Crippen LogP contribution in [0.25, 0.3) is 22.0 Å². The summed E-state index contributed by atoms with van der Waals surface area (Å²) in [5, 5.41) is 8.64. The lowest BCUT2D eigenvalue weighted by atomic mass is 10.00. The topological polar surface area (TPSA) is 119 Å². The van der Waals surface area contributed by atoms with Crippen molar-refractivity contribution in [1.82, 2.24) is 24.6 Å². The molecule has 2 amide bonds. The van der Waals surface area contributed by atoms with Gasteiger partial charge in [-0.3, -0.25) is 14.3 Å². The number of nitrogens with one attached hydrogen (secondary N) is 1. The maximum absolute atomic E-state index is 12.8. The fourth-order valence-corrected chi connectivity index (χ4v) is 4.37. The largest absolute Gasteiger partial charge is 0.383 e. The van der Waals surface area contributed by atoms with E-state index in [1.807, 2.05) is 44.6 Å². The van der Waals surface area contributed by atoms with Crippen LogP contribution < -0.4 is 11.1 Å². The van der Waals surface area contributed by atoms with Gasteiger partial charge in [-0.05, 0) is 60.0 Å². The highest BCUT2D eigenvalue weighted by molar-refractivity contribution is 5.99. The van der Waals surface area contributed by atoms with Gasteiger partial charge in [-0.15, -0.1) is 0 Å². The van der Waals surface area contributed by atoms with Gasteiger partial charge in [-0.2, -0.15) is 5.10 Å². The van der Waals surface area contributed by atoms with Crippen molar-refractivity contribution in [1.29, 1.82) is 0 Å². The van der Waals surface area contributed by atoms with Crippen molar-refractivity contribution in [3.63, 3.8) is 0 Å². The van der Waals surface area contributed by atoms with Crippen LogP contribution in [0.5, 0.6) is 0 Å². The first-order valence-corrected chi connectivity index (χ1v) is 11.4. The number of nitrogens with zero attached hydrogens (tertiary/aromatic N) is 5. The Bertz CT molecular complexity index is 1470. The molecule has 178 valence electrons. The Hall–Kier alpha value is -4.27. The Balaban J connectivity index is 1.43. The van der Waals surface area contributed by atoms with Crippen LogP contribution in [-0.2, 0) is 11.8 Å². The summed E-state index contributed by atoms with van der Waals surface area (Å²) in [6.45, 7) is 1.97. The summed E-state index contributed by atoms with van der Waals surface area (Å²) in [6.07, 6.45) is 6.19. The molecule has 3 heterocycles. The van der Waals surface area contributed by atoms with Crippen LogP contribution in [-0.4, -0.2) is 50.6 Å². The quantitative estimate of drug-likeness (QED) is 0.463. The molecule has 4 aromatic rings. The molecule has 0 bridgehead atoms. The van der Waals surface area contributed by atoms with Crippen LogP contribution in [0.4, 0.5) is 11.6 Å². The summed E-state index contributed by atoms with van der Waals surface area (Å²) in [4.78, 5) is 35.8. The van der Waals surface area contributed by atoms with Gasteiger partial charge in [0.15, 0.2) is 0 Å². The Morgan fingerprint density at radius 3 is 2.69 bits per heavy atom. The number of carbonyl (C=O) groups excluding carboxylic acids is 2. The lowest BCUT2D eigenvalue weighted by Crippen LogP contribution is -2.21. The zero-order valence-corrected chi connectivity index (χ0v) is 20.1. The van der Waals surface area contributed by atoms with Gasteiger partial charge < -0.3 is 16.0 Å². The number of amides is 2. The Kier molecular flexibility index (Phi) is 5.47. The summed E-state index contributed by atoms with van der Waals surface area (Å²) >= 11 is 0. The number of fused-ring (bicyclic) bond motifs is 1. The number of nitrogen functional groups attached to an aromatic ring is 1. The van der Waals surface area contributed by atoms with Crippen molar-refractivity contribution in [2.45, 2.75) is 19.3 Å². The van der Waals surface area contributed by atoms with Gasteiger partial charge in [-0.25, -0.2) is 9.97 Å². The molecule has 1 fully saturated rings. The highest BCUT2D eigenvalue weighted by atomic mass is 16.2. The van der Waals surface area contributed by atoms with Crippen LogP contribution in [0.2, 0.25) is 0 Å². The zero-order valence-electron chi connectivity index (χ0n) is 20.1. The van der Waals surface area contributed by atoms with Crippen LogP contribution in [0.3, 0.4) is 0 Å². The number of rotatable bonds is 5. The second-order valence-corrected chi connectivity index (χ2v) is 9.30. The molecule has 0 saturated heterocycles. The van der Waals surface area contributed by atoms with Crippen molar-refractivity contribution in [3.05, 3.63) is 65.6 Å². The molecule has 0 radical (unpaired) electrons. The molecule has 5 rings (SSSR count). The number of carbonyl (C=O) groups is 2. The van der Waals surface area contributed by atoms with Gasteiger partial charge in [0.25, 0.3) is 5.91 Å². The van der Waals surface area contributed by atoms with Crippen molar-refractivity contribution in [3.8, 4) is 11.3 Å². The number of pyridine rings is 2. The Labute approximate surface area is 203 Å². The summed E-state index contributed by atoms with van der Waals surface area (Å²) in [6, 6.07) is 9.26. The van der Waals surface area contributed by atoms with E-state index in [1.165, 1.54) is 4.90 Å². The maximum Gasteiger partial charge on any atom is 0.253 e. The number of hydrogen-bond donors (Lipinski definition) is 2. The average Bonchev–Trinajstić information content (AvgIpc) is 3.52. The first-order chi connectivity index (χ1) is 16.7. The maximum atomic E-state index is 12.8. The van der Waals surface area contributed by atoms with E-state index in [0.717, 1.165) is 28.5 Å². The molecule has 1 saturated carbocycles. The van der Waals surface area contributed by atoms with E-state index in [1.54, 1.807) is 37.1 Å². The van der Waals surface area contributed by atoms with Crippen LogP contribution in [0.1, 0.15) is 33.8 Å². The van der Waals surface area contributed by atoms with Gasteiger partial charge in [0, 0.05) is 56.0 Å². The second kappa shape index (κ2) is 8.50. The minimum absolute atomic E-state index is 0.0568. The van der Waals surface area contributed by atoms with E-state index in [0.29, 0.717) is 28.3 Å². The van der Waals surface area contributed by atoms with Crippen molar-refractivity contribution in [2.75, 3.05) is 25.1 Å². The Morgan fingerprint density at radius 1 is 1.17 bits per heavy atom. The van der Waals surface area contributed by atoms with Crippen molar-refractivity contribution in [2.24, 2.45) is 13.0 Å². The van der Waals surface area contributed by atoms with Crippen molar-refractivity contribution >= 4 is 34.2 Å². The smallest absolute Gasteiger partial charge is 0.253 e. The molecular formula is C26H27N7O2. The van der Waals surface area contributed by atoms with E-state index in [-0.39, 0.29) is 23.7 Å². The van der Waals surface area contributed by atoms with Crippen LogP contribution in [0.15, 0.2) is 48.9 Å². The third kappa shape index (κ3) is 4.32. The molecule has 3 N–H and O–H groups in total. The monoisotopic (exact) mass is 469 g/mol. The number of hydrogen-bond acceptors (Lipinski definition) is 6. The number of anilines is 2. The standard InChI is InChI=1S/C26H27N7O2/c1-14-5-6-15(26(35)32(2)3)7-18(14)22-8-16-9-23(28-12-21(16)24(27)30-22)31-25(34)20-10-19(20)17-11-29-33(4)13-17/h5-9,11-13,19-20H,10H2,1-4H3,(H2,27,30)(H,28,31,34)/t19-,20+/m0/s1. The van der Waals surface area contributed by atoms with E-state index < -0.39 is 0 Å². The normalized spacial score (nSPS) is 16.8. The molecule has 1 aliphatic rings. The van der Waals surface area contributed by atoms with Crippen molar-refractivity contribution < 1.29 is 9.59 Å². The minimum atomic E-state index is -0.0885. The third-order valence-corrected chi connectivity index (χ3v) is 6.44. The lowest BCUT2D eigenvalue weighted by molar-refractivity contribution is -0.117. The van der Waals surface area contributed by atoms with E-state index >= 15 is 0 Å². The molecule has 9 nitrogen and oxygen atoms in total. The van der Waals surface area contributed by atoms with Gasteiger partial charge in [0.2, 0.25) is 5.91 Å². The molecule has 0 aliphatic heterocycles. The second-order valence-electron chi connectivity index (χ2n) is 9.30. The van der Waals surface area contributed by atoms with Crippen LogP contribution >= 0.6 is 0 Å². The molecule has 3 aromatic heterocycles. The fraction of sp³-hybridized carbons (Fsp3) is 0.269. The van der Waals surface area contributed by atoms with Gasteiger partial charge in [0.1, 0.15) is 11.6 Å². The van der Waals surface area contributed by atoms with E-state index in [2.05, 4.69) is 20.4 Å². The summed E-state index contributed by atoms with van der Waals surface area (Å²) in [5.74, 6) is 0.761. The summed E-state index contributed by atoms with van der Waals surface area (Å²) < 4.78 is 1.75. The molecule has 9 heteroatoms. The predicted molar refractivity (Wildman–Crippen MR) is 135 cm³/mol. The van der Waals surface area contributed by atoms with E-state index in [9.17, 15) is 9.59 Å². The first kappa shape index (κ1) is 22.5. The number of nitrogens with two attached hydrogens (primary N) is 1. The number of benzene rings is 1. The summed E-state index contributed by atoms with van der Waals surface area (Å²) in [7, 11) is 5.31. The van der Waals surface area contributed by atoms with Gasteiger partial charge >= 0.3 is 0 Å². The minimum Gasteiger partial charge on any atom is -0.383 e. The molecule has 0 spiro atoms. The predicted octanol–water partition coefficient (Wildman–Crippen LogP) is 3.36. The molecule has 1 aromatic carbocycles. The molecular weight excluding hydrogens is 442 g/mol. The van der Waals surface area contributed by atoms with Gasteiger partial charge in [-0.1, -0.05) is 6.07 Å². The molecule has 1 aliphatic carbocycles. The first-order valence-electron chi connectivity index (χ1n) is 11.4. The summed E-state index contributed by atoms with van der Waals surface area (Å²) in [5.41, 5.74) is 10.4. The molecule has 2 atom stereocenters. The SMILES string of the molecule is Cc1ccc(C(=O)N(C)C)cc1-c1cc2cc(NC(=O)[C@@H]3C[C@H]3c3cnn(C)c3)ncc2c(N)n1. The van der Waals surface area contributed by atoms with Crippen LogP contribution in [0, 0.1) is 12.8 Å². The molecule has 35 heavy (non-hydrogen) atoms. The zero-order chi connectivity index (χ0) is 24.9. The lowest BCUT2D eigenvalue weighted by Gasteiger charge is -2.14. The number of aromatic nitrogens is 4. The number of aryl methyl sites for hydroxylation is 2. The third-order valence-electron chi connectivity index (χ3n) is 6.44. The highest BCUT2D eigenvalue weighted by Crippen LogP contribution is 2.47. The fourth-order valence-electron chi connectivity index (χ4n) is 4.37. The molecule has 0 unspecified atom stereocenters. The average molecular weight is 470 g/mol. The highest BCUT2D eigenvalue weighted by Gasteiger charge is 2.44. The Morgan fingerprint density at radius 2 is 1.97 bits per heavy atom.